The van der Waals surface area contributed by atoms with Crippen LogP contribution in [0.4, 0.5) is 0 Å². The van der Waals surface area contributed by atoms with E-state index in [2.05, 4.69) is 5.32 Å². The van der Waals surface area contributed by atoms with Crippen molar-refractivity contribution in [2.24, 2.45) is 0 Å². The van der Waals surface area contributed by atoms with Crippen molar-refractivity contribution in [3.8, 4) is 0 Å². The van der Waals surface area contributed by atoms with Gasteiger partial charge in [0.25, 0.3) is 0 Å². The Morgan fingerprint density at radius 3 is 2.00 bits per heavy atom. The minimum Gasteiger partial charge on any atom is -0.386 e. The first-order chi connectivity index (χ1) is 10.6. The molecule has 0 heterocycles. The molecule has 1 amide bonds. The lowest BCUT2D eigenvalue weighted by Crippen LogP contribution is -2.39. The normalized spacial score (nSPS) is 14.9. The third kappa shape index (κ3) is 3.95. The molecule has 0 saturated carbocycles. The Hall–Kier alpha value is -2.13. The van der Waals surface area contributed by atoms with Crippen LogP contribution >= 0.6 is 0 Å². The average Bonchev–Trinajstić information content (AvgIpc) is 2.56. The van der Waals surface area contributed by atoms with Crippen LogP contribution in [0.2, 0.25) is 0 Å². The van der Waals surface area contributed by atoms with Gasteiger partial charge in [-0.25, -0.2) is 0 Å². The van der Waals surface area contributed by atoms with E-state index in [1.54, 1.807) is 0 Å². The Kier molecular flexibility index (Phi) is 5.73. The highest BCUT2D eigenvalue weighted by Crippen LogP contribution is 2.21. The molecule has 3 atom stereocenters. The van der Waals surface area contributed by atoms with E-state index in [1.807, 2.05) is 74.5 Å². The minimum absolute atomic E-state index is 0.0452. The molecule has 0 bridgehead atoms. The van der Waals surface area contributed by atoms with Crippen molar-refractivity contribution in [3.05, 3.63) is 71.8 Å². The summed E-state index contributed by atoms with van der Waals surface area (Å²) in [7, 11) is 0. The van der Waals surface area contributed by atoms with Gasteiger partial charge in [-0.3, -0.25) is 4.79 Å². The van der Waals surface area contributed by atoms with Gasteiger partial charge in [-0.2, -0.15) is 0 Å². The van der Waals surface area contributed by atoms with Gasteiger partial charge in [0.05, 0.1) is 18.1 Å². The van der Waals surface area contributed by atoms with Crippen LogP contribution in [0.5, 0.6) is 0 Å². The van der Waals surface area contributed by atoms with Crippen molar-refractivity contribution in [1.82, 2.24) is 5.32 Å². The summed E-state index contributed by atoms with van der Waals surface area (Å²) in [5.41, 5.74) is 1.81. The number of nitrogens with one attached hydrogen (secondary N) is 1. The molecule has 2 aromatic carbocycles. The molecule has 2 aromatic rings. The van der Waals surface area contributed by atoms with Gasteiger partial charge in [-0.05, 0) is 24.5 Å². The van der Waals surface area contributed by atoms with E-state index in [0.29, 0.717) is 0 Å². The van der Waals surface area contributed by atoms with Crippen molar-refractivity contribution < 1.29 is 9.90 Å². The van der Waals surface area contributed by atoms with Crippen LogP contribution in [0, 0.1) is 0 Å². The molecule has 0 unspecified atom stereocenters. The van der Waals surface area contributed by atoms with Crippen molar-refractivity contribution in [3.63, 3.8) is 0 Å². The van der Waals surface area contributed by atoms with Crippen molar-refractivity contribution >= 4 is 5.91 Å². The zero-order valence-electron chi connectivity index (χ0n) is 13.1. The minimum atomic E-state index is -0.710. The number of aliphatic hydroxyl groups is 1. The Bertz CT molecular complexity index is 583. The van der Waals surface area contributed by atoms with E-state index in [-0.39, 0.29) is 17.9 Å². The smallest absolute Gasteiger partial charge is 0.227 e. The Morgan fingerprint density at radius 1 is 1.00 bits per heavy atom. The lowest BCUT2D eigenvalue weighted by molar-refractivity contribution is -0.124. The predicted octanol–water partition coefficient (Wildman–Crippen LogP) is 3.42. The fraction of sp³-hybridized carbons (Fsp3) is 0.316. The number of carbonyl (C=O) groups is 1. The molecule has 22 heavy (non-hydrogen) atoms. The third-order valence-corrected chi connectivity index (χ3v) is 3.91. The molecular formula is C19H23NO2. The highest BCUT2D eigenvalue weighted by Gasteiger charge is 2.23. The fourth-order valence-corrected chi connectivity index (χ4v) is 2.60. The van der Waals surface area contributed by atoms with Gasteiger partial charge in [0.1, 0.15) is 0 Å². The molecule has 0 aliphatic rings. The van der Waals surface area contributed by atoms with Crippen LogP contribution in [0.3, 0.4) is 0 Å². The van der Waals surface area contributed by atoms with Gasteiger partial charge < -0.3 is 10.4 Å². The van der Waals surface area contributed by atoms with Crippen LogP contribution in [0.1, 0.15) is 43.4 Å². The first-order valence-corrected chi connectivity index (χ1v) is 7.71. The summed E-state index contributed by atoms with van der Waals surface area (Å²) in [6.45, 7) is 3.82. The van der Waals surface area contributed by atoms with Gasteiger partial charge in [-0.15, -0.1) is 0 Å². The number of aliphatic hydroxyl groups excluding tert-OH is 1. The van der Waals surface area contributed by atoms with Gasteiger partial charge in [-0.1, -0.05) is 67.6 Å². The van der Waals surface area contributed by atoms with Crippen molar-refractivity contribution in [2.75, 3.05) is 0 Å². The molecule has 2 N–H and O–H groups in total. The molecule has 116 valence electrons. The van der Waals surface area contributed by atoms with E-state index in [9.17, 15) is 9.90 Å². The number of hydrogen-bond acceptors (Lipinski definition) is 2. The topological polar surface area (TPSA) is 49.3 Å². The second kappa shape index (κ2) is 7.76. The van der Waals surface area contributed by atoms with Gasteiger partial charge in [0.2, 0.25) is 5.91 Å². The van der Waals surface area contributed by atoms with E-state index < -0.39 is 6.10 Å². The zero-order chi connectivity index (χ0) is 15.9. The number of carbonyl (C=O) groups excluding carboxylic acids is 1. The monoisotopic (exact) mass is 297 g/mol. The first-order valence-electron chi connectivity index (χ1n) is 7.71. The van der Waals surface area contributed by atoms with Crippen molar-refractivity contribution in [2.45, 2.75) is 38.3 Å². The van der Waals surface area contributed by atoms with Gasteiger partial charge in [0.15, 0.2) is 0 Å². The maximum absolute atomic E-state index is 12.5. The van der Waals surface area contributed by atoms with Crippen LogP contribution < -0.4 is 5.32 Å². The van der Waals surface area contributed by atoms with E-state index in [4.69, 9.17) is 0 Å². The standard InChI is InChI=1S/C19H23NO2/c1-3-17(15-10-6-4-7-11-15)19(22)20-14(2)18(21)16-12-8-5-9-13-16/h4-14,17-18,21H,3H2,1-2H3,(H,20,22)/t14-,17-,18+/m0/s1. The molecule has 0 spiro atoms. The molecule has 0 saturated heterocycles. The summed E-state index contributed by atoms with van der Waals surface area (Å²) in [5, 5.41) is 13.3. The number of rotatable bonds is 6. The lowest BCUT2D eigenvalue weighted by Gasteiger charge is -2.23. The molecule has 0 aliphatic heterocycles. The summed E-state index contributed by atoms with van der Waals surface area (Å²) >= 11 is 0. The van der Waals surface area contributed by atoms with Gasteiger partial charge in [0, 0.05) is 0 Å². The summed E-state index contributed by atoms with van der Waals surface area (Å²) in [5.74, 6) is -0.234. The molecule has 2 rings (SSSR count). The van der Waals surface area contributed by atoms with Crippen LogP contribution in [0.25, 0.3) is 0 Å². The predicted molar refractivity (Wildman–Crippen MR) is 88.5 cm³/mol. The average molecular weight is 297 g/mol. The lowest BCUT2D eigenvalue weighted by atomic mass is 9.94. The highest BCUT2D eigenvalue weighted by molar-refractivity contribution is 5.83. The maximum atomic E-state index is 12.5. The number of amides is 1. The molecule has 3 nitrogen and oxygen atoms in total. The Labute approximate surface area is 132 Å². The fourth-order valence-electron chi connectivity index (χ4n) is 2.60. The summed E-state index contributed by atoms with van der Waals surface area (Å²) in [6.07, 6.45) is 0.0164. The quantitative estimate of drug-likeness (QED) is 0.858. The van der Waals surface area contributed by atoms with Crippen LogP contribution in [-0.4, -0.2) is 17.1 Å². The van der Waals surface area contributed by atoms with E-state index in [0.717, 1.165) is 17.5 Å². The second-order valence-electron chi connectivity index (χ2n) is 5.52. The molecule has 0 aliphatic carbocycles. The highest BCUT2D eigenvalue weighted by atomic mass is 16.3. The summed E-state index contributed by atoms with van der Waals surface area (Å²) in [4.78, 5) is 12.5. The molecule has 3 heteroatoms. The maximum Gasteiger partial charge on any atom is 0.227 e. The molecule has 0 radical (unpaired) electrons. The molecular weight excluding hydrogens is 274 g/mol. The zero-order valence-corrected chi connectivity index (χ0v) is 13.1. The summed E-state index contributed by atoms with van der Waals surface area (Å²) in [6, 6.07) is 18.8. The molecule has 0 fully saturated rings. The largest absolute Gasteiger partial charge is 0.386 e. The Morgan fingerprint density at radius 2 is 1.50 bits per heavy atom. The summed E-state index contributed by atoms with van der Waals surface area (Å²) < 4.78 is 0. The van der Waals surface area contributed by atoms with E-state index >= 15 is 0 Å². The SMILES string of the molecule is CC[C@H](C(=O)N[C@@H](C)[C@@H](O)c1ccccc1)c1ccccc1. The van der Waals surface area contributed by atoms with Crippen LogP contribution in [0.15, 0.2) is 60.7 Å². The van der Waals surface area contributed by atoms with Crippen LogP contribution in [-0.2, 0) is 4.79 Å². The third-order valence-electron chi connectivity index (χ3n) is 3.91. The van der Waals surface area contributed by atoms with Crippen molar-refractivity contribution in [1.29, 1.82) is 0 Å². The molecule has 0 aromatic heterocycles. The Balaban J connectivity index is 2.04. The van der Waals surface area contributed by atoms with Gasteiger partial charge >= 0.3 is 0 Å². The first kappa shape index (κ1) is 16.2. The second-order valence-corrected chi connectivity index (χ2v) is 5.52. The van der Waals surface area contributed by atoms with E-state index in [1.165, 1.54) is 0 Å². The number of benzene rings is 2. The number of hydrogen-bond donors (Lipinski definition) is 2.